The van der Waals surface area contributed by atoms with Gasteiger partial charge in [0, 0.05) is 11.9 Å². The lowest BCUT2D eigenvalue weighted by Gasteiger charge is -2.20. The van der Waals surface area contributed by atoms with Crippen LogP contribution >= 0.6 is 0 Å². The van der Waals surface area contributed by atoms with E-state index in [1.165, 1.54) is 0 Å². The summed E-state index contributed by atoms with van der Waals surface area (Å²) in [5.41, 5.74) is 0. The third-order valence-electron chi connectivity index (χ3n) is 1.81. The van der Waals surface area contributed by atoms with E-state index in [1.807, 2.05) is 6.92 Å². The van der Waals surface area contributed by atoms with E-state index < -0.39 is 24.0 Å². The van der Waals surface area contributed by atoms with Crippen molar-refractivity contribution < 1.29 is 24.9 Å². The summed E-state index contributed by atoms with van der Waals surface area (Å²) < 4.78 is 0. The number of carbonyl (C=O) groups excluding carboxylic acids is 1. The fourth-order valence-electron chi connectivity index (χ4n) is 1.00. The Morgan fingerprint density at radius 3 is 2.31 bits per heavy atom. The van der Waals surface area contributed by atoms with Crippen molar-refractivity contribution in [2.24, 2.45) is 5.92 Å². The Balaban J connectivity index is 4.24. The summed E-state index contributed by atoms with van der Waals surface area (Å²) >= 11 is 0. The van der Waals surface area contributed by atoms with Crippen LogP contribution in [-0.2, 0) is 9.59 Å². The Labute approximate surface area is 76.0 Å². The smallest absolute Gasteiger partial charge is 0.333 e. The lowest BCUT2D eigenvalue weighted by molar-refractivity contribution is -0.314. The molecule has 0 aliphatic heterocycles. The minimum absolute atomic E-state index is 0.131. The third kappa shape index (κ3) is 3.89. The number of carboxylic acids is 2. The van der Waals surface area contributed by atoms with Gasteiger partial charge in [-0.3, -0.25) is 0 Å². The molecule has 0 rings (SSSR count). The van der Waals surface area contributed by atoms with E-state index in [0.717, 1.165) is 6.42 Å². The van der Waals surface area contributed by atoms with Gasteiger partial charge >= 0.3 is 5.97 Å². The zero-order chi connectivity index (χ0) is 10.4. The number of aliphatic carboxylic acids is 2. The van der Waals surface area contributed by atoms with Crippen LogP contribution in [0, 0.1) is 5.92 Å². The maximum atomic E-state index is 10.4. The number of aliphatic hydroxyl groups excluding tert-OH is 1. The van der Waals surface area contributed by atoms with Crippen LogP contribution < -0.4 is 5.11 Å². The largest absolute Gasteiger partial charge is 0.550 e. The van der Waals surface area contributed by atoms with Gasteiger partial charge in [-0.05, 0) is 6.42 Å². The maximum absolute atomic E-state index is 10.4. The topological polar surface area (TPSA) is 97.7 Å². The summed E-state index contributed by atoms with van der Waals surface area (Å²) in [6.07, 6.45) is -0.428. The quantitative estimate of drug-likeness (QED) is 0.557. The average molecular weight is 189 g/mol. The minimum atomic E-state index is -1.86. The van der Waals surface area contributed by atoms with Crippen molar-refractivity contribution in [3.63, 3.8) is 0 Å². The first-order chi connectivity index (χ1) is 6.00. The Kier molecular flexibility index (Phi) is 5.06. The van der Waals surface area contributed by atoms with Crippen LogP contribution in [-0.4, -0.2) is 28.3 Å². The van der Waals surface area contributed by atoms with Gasteiger partial charge in [-0.25, -0.2) is 4.79 Å². The molecule has 0 aliphatic carbocycles. The number of hydrogen-bond acceptors (Lipinski definition) is 4. The van der Waals surface area contributed by atoms with Gasteiger partial charge in [0.1, 0.15) is 0 Å². The van der Waals surface area contributed by atoms with E-state index in [-0.39, 0.29) is 6.42 Å². The molecular weight excluding hydrogens is 176 g/mol. The first kappa shape index (κ1) is 11.9. The zero-order valence-electron chi connectivity index (χ0n) is 7.40. The normalized spacial score (nSPS) is 14.9. The number of hydrogen-bond donors (Lipinski definition) is 2. The summed E-state index contributed by atoms with van der Waals surface area (Å²) in [7, 11) is 0. The van der Waals surface area contributed by atoms with Gasteiger partial charge in [0.2, 0.25) is 0 Å². The highest BCUT2D eigenvalue weighted by Crippen LogP contribution is 2.12. The van der Waals surface area contributed by atoms with Crippen LogP contribution in [0.5, 0.6) is 0 Å². The van der Waals surface area contributed by atoms with Gasteiger partial charge in [0.05, 0.1) is 0 Å². The van der Waals surface area contributed by atoms with Gasteiger partial charge in [-0.1, -0.05) is 19.8 Å². The number of aliphatic hydroxyl groups is 1. The fraction of sp³-hybridized carbons (Fsp3) is 0.750. The molecule has 0 saturated heterocycles. The van der Waals surface area contributed by atoms with E-state index >= 15 is 0 Å². The maximum Gasteiger partial charge on any atom is 0.333 e. The molecule has 0 radical (unpaired) electrons. The van der Waals surface area contributed by atoms with Crippen LogP contribution in [0.1, 0.15) is 26.2 Å². The molecule has 0 saturated carbocycles. The Morgan fingerprint density at radius 2 is 2.00 bits per heavy atom. The molecule has 0 fully saturated rings. The second kappa shape index (κ2) is 5.53. The summed E-state index contributed by atoms with van der Waals surface area (Å²) in [6, 6.07) is 0. The molecule has 2 N–H and O–H groups in total. The molecule has 0 aromatic heterocycles. The standard InChI is InChI=1S/C8H14O5/c1-2-3-4-5(7(10)11)6(9)8(12)13/h5-6,9H,2-4H2,1H3,(H,10,11)(H,12,13)/p-1. The van der Waals surface area contributed by atoms with Gasteiger partial charge in [0.25, 0.3) is 0 Å². The molecule has 5 nitrogen and oxygen atoms in total. The first-order valence-corrected chi connectivity index (χ1v) is 4.12. The van der Waals surface area contributed by atoms with E-state index in [0.29, 0.717) is 6.42 Å². The Morgan fingerprint density at radius 1 is 1.46 bits per heavy atom. The van der Waals surface area contributed by atoms with Crippen molar-refractivity contribution >= 4 is 11.9 Å². The first-order valence-electron chi connectivity index (χ1n) is 4.12. The number of carbonyl (C=O) groups is 2. The molecule has 0 heterocycles. The van der Waals surface area contributed by atoms with Crippen LogP contribution in [0.25, 0.3) is 0 Å². The molecule has 0 aromatic rings. The number of carboxylic acid groups (broad SMARTS) is 2. The van der Waals surface area contributed by atoms with Gasteiger partial charge in [-0.15, -0.1) is 0 Å². The highest BCUT2D eigenvalue weighted by Gasteiger charge is 2.25. The van der Waals surface area contributed by atoms with Crippen molar-refractivity contribution in [3.05, 3.63) is 0 Å². The van der Waals surface area contributed by atoms with Gasteiger partial charge < -0.3 is 20.1 Å². The molecule has 2 atom stereocenters. The van der Waals surface area contributed by atoms with Crippen molar-refractivity contribution in [2.75, 3.05) is 0 Å². The van der Waals surface area contributed by atoms with E-state index in [1.54, 1.807) is 0 Å². The second-order valence-corrected chi connectivity index (χ2v) is 2.85. The lowest BCUT2D eigenvalue weighted by atomic mass is 9.96. The monoisotopic (exact) mass is 189 g/mol. The lowest BCUT2D eigenvalue weighted by Crippen LogP contribution is -2.42. The van der Waals surface area contributed by atoms with E-state index in [2.05, 4.69) is 0 Å². The molecule has 0 aromatic carbocycles. The van der Waals surface area contributed by atoms with Crippen LogP contribution in [0.4, 0.5) is 0 Å². The molecule has 0 bridgehead atoms. The Bertz CT molecular complexity index is 189. The summed E-state index contributed by atoms with van der Waals surface area (Å²) in [6.45, 7) is 1.85. The van der Waals surface area contributed by atoms with E-state index in [9.17, 15) is 14.7 Å². The van der Waals surface area contributed by atoms with Crippen molar-refractivity contribution in [3.8, 4) is 0 Å². The van der Waals surface area contributed by atoms with Crippen molar-refractivity contribution in [2.45, 2.75) is 32.3 Å². The van der Waals surface area contributed by atoms with Crippen LogP contribution in [0.2, 0.25) is 0 Å². The summed E-state index contributed by atoms with van der Waals surface area (Å²) in [5.74, 6) is -4.34. The molecule has 76 valence electrons. The second-order valence-electron chi connectivity index (χ2n) is 2.85. The molecular formula is C8H13O5-. The molecule has 0 spiro atoms. The van der Waals surface area contributed by atoms with E-state index in [4.69, 9.17) is 10.2 Å². The third-order valence-corrected chi connectivity index (χ3v) is 1.81. The van der Waals surface area contributed by atoms with Crippen LogP contribution in [0.3, 0.4) is 0 Å². The van der Waals surface area contributed by atoms with Crippen LogP contribution in [0.15, 0.2) is 0 Å². The average Bonchev–Trinajstić information content (AvgIpc) is 2.04. The summed E-state index contributed by atoms with van der Waals surface area (Å²) in [5, 5.41) is 27.7. The molecule has 0 amide bonds. The van der Waals surface area contributed by atoms with Gasteiger partial charge in [0.15, 0.2) is 6.10 Å². The molecule has 5 heteroatoms. The van der Waals surface area contributed by atoms with Crippen molar-refractivity contribution in [1.29, 1.82) is 0 Å². The summed E-state index contributed by atoms with van der Waals surface area (Å²) in [4.78, 5) is 20.7. The number of rotatable bonds is 6. The predicted octanol–water partition coefficient (Wildman–Crippen LogP) is -1.01. The number of unbranched alkanes of at least 4 members (excludes halogenated alkanes) is 1. The predicted molar refractivity (Wildman–Crippen MR) is 41.7 cm³/mol. The molecule has 0 aliphatic rings. The zero-order valence-corrected chi connectivity index (χ0v) is 7.40. The minimum Gasteiger partial charge on any atom is -0.550 e. The molecule has 2 unspecified atom stereocenters. The van der Waals surface area contributed by atoms with Crippen molar-refractivity contribution in [1.82, 2.24) is 0 Å². The highest BCUT2D eigenvalue weighted by molar-refractivity contribution is 5.80. The Hall–Kier alpha value is -1.10. The van der Waals surface area contributed by atoms with Gasteiger partial charge in [-0.2, -0.15) is 0 Å². The fourth-order valence-corrected chi connectivity index (χ4v) is 1.00. The SMILES string of the molecule is CCCCC(C(=O)[O-])C(O)C(=O)O. The highest BCUT2D eigenvalue weighted by atomic mass is 16.4. The molecule has 13 heavy (non-hydrogen) atoms.